The maximum atomic E-state index is 12.1. The van der Waals surface area contributed by atoms with Gasteiger partial charge in [-0.2, -0.15) is 0 Å². The minimum Gasteiger partial charge on any atom is -0.481 e. The maximum Gasteiger partial charge on any atom is 0.317 e. The molecule has 2 amide bonds. The van der Waals surface area contributed by atoms with E-state index in [-0.39, 0.29) is 18.4 Å². The van der Waals surface area contributed by atoms with Crippen molar-refractivity contribution >= 4 is 23.6 Å². The molecule has 1 rings (SSSR count). The summed E-state index contributed by atoms with van der Waals surface area (Å²) in [5, 5.41) is 12.2. The van der Waals surface area contributed by atoms with Gasteiger partial charge in [0.2, 0.25) is 0 Å². The molecule has 116 valence electrons. The van der Waals surface area contributed by atoms with Crippen molar-refractivity contribution in [2.24, 2.45) is 5.92 Å². The van der Waals surface area contributed by atoms with E-state index in [2.05, 4.69) is 5.32 Å². The van der Waals surface area contributed by atoms with Gasteiger partial charge in [-0.25, -0.2) is 4.79 Å². The zero-order chi connectivity index (χ0) is 16.0. The van der Waals surface area contributed by atoms with Crippen LogP contribution in [-0.2, 0) is 11.3 Å². The quantitative estimate of drug-likeness (QED) is 0.848. The summed E-state index contributed by atoms with van der Waals surface area (Å²) in [5.74, 6) is -0.887. The maximum absolute atomic E-state index is 12.1. The second kappa shape index (κ2) is 7.88. The van der Waals surface area contributed by atoms with Crippen molar-refractivity contribution in [3.05, 3.63) is 34.9 Å². The predicted molar refractivity (Wildman–Crippen MR) is 82.3 cm³/mol. The van der Waals surface area contributed by atoms with E-state index in [9.17, 15) is 9.59 Å². The van der Waals surface area contributed by atoms with Crippen LogP contribution in [0.1, 0.15) is 25.8 Å². The molecule has 0 saturated carbocycles. The topological polar surface area (TPSA) is 69.6 Å². The fraction of sp³-hybridized carbons (Fsp3) is 0.467. The van der Waals surface area contributed by atoms with Gasteiger partial charge in [0.25, 0.3) is 0 Å². The largest absolute Gasteiger partial charge is 0.481 e. The van der Waals surface area contributed by atoms with Gasteiger partial charge in [-0.15, -0.1) is 0 Å². The number of halogens is 1. The van der Waals surface area contributed by atoms with Gasteiger partial charge in [0.15, 0.2) is 0 Å². The molecule has 21 heavy (non-hydrogen) atoms. The fourth-order valence-electron chi connectivity index (χ4n) is 1.86. The molecule has 0 bridgehead atoms. The lowest BCUT2D eigenvalue weighted by atomic mass is 10.0. The lowest BCUT2D eigenvalue weighted by Gasteiger charge is -2.25. The second-order valence-electron chi connectivity index (χ2n) is 5.35. The number of hydrogen-bond donors (Lipinski definition) is 2. The van der Waals surface area contributed by atoms with Crippen LogP contribution >= 0.6 is 11.6 Å². The molecule has 0 fully saturated rings. The Kier molecular flexibility index (Phi) is 6.49. The number of rotatable bonds is 6. The van der Waals surface area contributed by atoms with E-state index >= 15 is 0 Å². The van der Waals surface area contributed by atoms with Gasteiger partial charge in [0, 0.05) is 24.7 Å². The zero-order valence-corrected chi connectivity index (χ0v) is 13.2. The Morgan fingerprint density at radius 2 is 1.95 bits per heavy atom. The number of carboxylic acids is 1. The van der Waals surface area contributed by atoms with Crippen molar-refractivity contribution in [2.45, 2.75) is 32.9 Å². The first-order valence-electron chi connectivity index (χ1n) is 6.78. The molecule has 0 aliphatic heterocycles. The highest BCUT2D eigenvalue weighted by molar-refractivity contribution is 6.31. The molecule has 0 saturated heterocycles. The van der Waals surface area contributed by atoms with Crippen LogP contribution in [0.15, 0.2) is 24.3 Å². The number of nitrogens with one attached hydrogen (secondary N) is 1. The van der Waals surface area contributed by atoms with Crippen LogP contribution in [-0.4, -0.2) is 35.1 Å². The van der Waals surface area contributed by atoms with Crippen LogP contribution in [0.4, 0.5) is 4.79 Å². The standard InChI is InChI=1S/C15H21ClN2O3/c1-10(2)13(8-14(19)20)17-15(21)18(3)9-11-6-4-5-7-12(11)16/h4-7,10,13H,8-9H2,1-3H3,(H,17,21)(H,19,20). The number of urea groups is 1. The normalized spacial score (nSPS) is 12.0. The number of carbonyl (C=O) groups excluding carboxylic acids is 1. The van der Waals surface area contributed by atoms with Gasteiger partial charge >= 0.3 is 12.0 Å². The van der Waals surface area contributed by atoms with Crippen LogP contribution in [0, 0.1) is 5.92 Å². The van der Waals surface area contributed by atoms with Crippen molar-refractivity contribution < 1.29 is 14.7 Å². The minimum absolute atomic E-state index is 0.0405. The van der Waals surface area contributed by atoms with Crippen molar-refractivity contribution in [3.63, 3.8) is 0 Å². The fourth-order valence-corrected chi connectivity index (χ4v) is 2.06. The van der Waals surface area contributed by atoms with Gasteiger partial charge < -0.3 is 15.3 Å². The van der Waals surface area contributed by atoms with Crippen LogP contribution in [0.2, 0.25) is 5.02 Å². The van der Waals surface area contributed by atoms with Crippen LogP contribution in [0.25, 0.3) is 0 Å². The molecule has 0 radical (unpaired) electrons. The minimum atomic E-state index is -0.928. The van der Waals surface area contributed by atoms with Crippen LogP contribution in [0.3, 0.4) is 0 Å². The first-order valence-corrected chi connectivity index (χ1v) is 7.16. The number of hydrogen-bond acceptors (Lipinski definition) is 2. The van der Waals surface area contributed by atoms with Crippen molar-refractivity contribution in [3.8, 4) is 0 Å². The van der Waals surface area contributed by atoms with E-state index in [0.29, 0.717) is 11.6 Å². The molecule has 0 heterocycles. The third-order valence-corrected chi connectivity index (χ3v) is 3.59. The van der Waals surface area contributed by atoms with E-state index in [1.807, 2.05) is 32.0 Å². The number of nitrogens with zero attached hydrogens (tertiary/aromatic N) is 1. The summed E-state index contributed by atoms with van der Waals surface area (Å²) in [6, 6.07) is 6.59. The van der Waals surface area contributed by atoms with Crippen molar-refractivity contribution in [2.75, 3.05) is 7.05 Å². The van der Waals surface area contributed by atoms with E-state index in [4.69, 9.17) is 16.7 Å². The molecule has 0 aromatic heterocycles. The molecule has 2 N–H and O–H groups in total. The summed E-state index contributed by atoms with van der Waals surface area (Å²) in [6.45, 7) is 4.12. The summed E-state index contributed by atoms with van der Waals surface area (Å²) >= 11 is 6.06. The molecule has 0 aliphatic carbocycles. The lowest BCUT2D eigenvalue weighted by Crippen LogP contribution is -2.45. The van der Waals surface area contributed by atoms with E-state index < -0.39 is 12.0 Å². The van der Waals surface area contributed by atoms with E-state index in [1.165, 1.54) is 4.90 Å². The summed E-state index contributed by atoms with van der Waals surface area (Å²) in [7, 11) is 1.65. The number of aliphatic carboxylic acids is 1. The molecular formula is C15H21ClN2O3. The third-order valence-electron chi connectivity index (χ3n) is 3.22. The molecule has 1 atom stereocenters. The highest BCUT2D eigenvalue weighted by atomic mass is 35.5. The Balaban J connectivity index is 2.65. The molecule has 1 aromatic rings. The predicted octanol–water partition coefficient (Wildman–Crippen LogP) is 2.98. The number of benzene rings is 1. The molecule has 0 aliphatic rings. The van der Waals surface area contributed by atoms with Crippen LogP contribution < -0.4 is 5.32 Å². The Morgan fingerprint density at radius 1 is 1.33 bits per heavy atom. The Labute approximate surface area is 129 Å². The molecule has 1 unspecified atom stereocenters. The van der Waals surface area contributed by atoms with Gasteiger partial charge in [0.1, 0.15) is 0 Å². The highest BCUT2D eigenvalue weighted by Gasteiger charge is 2.21. The molecule has 0 spiro atoms. The highest BCUT2D eigenvalue weighted by Crippen LogP contribution is 2.16. The first-order chi connectivity index (χ1) is 9.81. The van der Waals surface area contributed by atoms with Gasteiger partial charge in [0.05, 0.1) is 6.42 Å². The van der Waals surface area contributed by atoms with Crippen molar-refractivity contribution in [1.29, 1.82) is 0 Å². The SMILES string of the molecule is CC(C)C(CC(=O)O)NC(=O)N(C)Cc1ccccc1Cl. The molecule has 1 aromatic carbocycles. The third kappa shape index (κ3) is 5.63. The summed E-state index contributed by atoms with van der Waals surface area (Å²) in [5.41, 5.74) is 0.844. The van der Waals surface area contributed by atoms with Crippen molar-refractivity contribution in [1.82, 2.24) is 10.2 Å². The monoisotopic (exact) mass is 312 g/mol. The van der Waals surface area contributed by atoms with Crippen LogP contribution in [0.5, 0.6) is 0 Å². The Bertz CT molecular complexity index is 505. The average Bonchev–Trinajstić information content (AvgIpc) is 2.39. The Hall–Kier alpha value is -1.75. The summed E-state index contributed by atoms with van der Waals surface area (Å²) < 4.78 is 0. The molecule has 5 nitrogen and oxygen atoms in total. The smallest absolute Gasteiger partial charge is 0.317 e. The van der Waals surface area contributed by atoms with Gasteiger partial charge in [-0.05, 0) is 17.5 Å². The average molecular weight is 313 g/mol. The van der Waals surface area contributed by atoms with Gasteiger partial charge in [-0.1, -0.05) is 43.6 Å². The van der Waals surface area contributed by atoms with E-state index in [0.717, 1.165) is 5.56 Å². The zero-order valence-electron chi connectivity index (χ0n) is 12.5. The molecular weight excluding hydrogens is 292 g/mol. The second-order valence-corrected chi connectivity index (χ2v) is 5.75. The summed E-state index contributed by atoms with van der Waals surface area (Å²) in [4.78, 5) is 24.4. The number of carboxylic acid groups (broad SMARTS) is 1. The lowest BCUT2D eigenvalue weighted by molar-refractivity contribution is -0.137. The molecule has 6 heteroatoms. The number of amides is 2. The first kappa shape index (κ1) is 17.3. The van der Waals surface area contributed by atoms with E-state index in [1.54, 1.807) is 13.1 Å². The summed E-state index contributed by atoms with van der Waals surface area (Å²) in [6.07, 6.45) is -0.0939. The van der Waals surface area contributed by atoms with Gasteiger partial charge in [-0.3, -0.25) is 4.79 Å². The number of carbonyl (C=O) groups is 2. The Morgan fingerprint density at radius 3 is 2.48 bits per heavy atom.